The average molecular weight is 239 g/mol. The van der Waals surface area contributed by atoms with E-state index in [1.54, 1.807) is 0 Å². The van der Waals surface area contributed by atoms with Gasteiger partial charge in [-0.2, -0.15) is 13.2 Å². The lowest BCUT2D eigenvalue weighted by Gasteiger charge is -2.12. The van der Waals surface area contributed by atoms with Crippen molar-refractivity contribution in [2.45, 2.75) is 6.18 Å². The van der Waals surface area contributed by atoms with Crippen LogP contribution in [0.4, 0.5) is 32.0 Å². The monoisotopic (exact) mass is 239 g/mol. The van der Waals surface area contributed by atoms with E-state index in [0.29, 0.717) is 0 Å². The van der Waals surface area contributed by atoms with E-state index >= 15 is 0 Å². The summed E-state index contributed by atoms with van der Waals surface area (Å²) in [7, 11) is 0. The summed E-state index contributed by atoms with van der Waals surface area (Å²) >= 11 is 0. The number of anilines is 1. The van der Waals surface area contributed by atoms with E-state index in [2.05, 4.69) is 6.42 Å². The second kappa shape index (κ2) is 3.63. The highest BCUT2D eigenvalue weighted by molar-refractivity contribution is 5.59. The van der Waals surface area contributed by atoms with Crippen LogP contribution in [0.5, 0.6) is 0 Å². The Labute approximate surface area is 85.9 Å². The van der Waals surface area contributed by atoms with Crippen LogP contribution in [0.3, 0.4) is 0 Å². The van der Waals surface area contributed by atoms with Crippen molar-refractivity contribution in [1.82, 2.24) is 0 Å². The van der Waals surface area contributed by atoms with Crippen LogP contribution in [0, 0.1) is 29.8 Å². The van der Waals surface area contributed by atoms with E-state index < -0.39 is 40.4 Å². The van der Waals surface area contributed by atoms with E-state index in [9.17, 15) is 26.3 Å². The molecule has 0 bridgehead atoms. The predicted molar refractivity (Wildman–Crippen MR) is 43.7 cm³/mol. The van der Waals surface area contributed by atoms with Crippen LogP contribution in [0.1, 0.15) is 11.1 Å². The minimum atomic E-state index is -5.39. The minimum absolute atomic E-state index is 1.15. The molecule has 0 aromatic heterocycles. The van der Waals surface area contributed by atoms with E-state index in [-0.39, 0.29) is 0 Å². The van der Waals surface area contributed by atoms with Gasteiger partial charge in [0.2, 0.25) is 0 Å². The summed E-state index contributed by atoms with van der Waals surface area (Å²) in [6.45, 7) is 0. The molecule has 0 saturated carbocycles. The molecule has 0 unspecified atom stereocenters. The fourth-order valence-corrected chi connectivity index (χ4v) is 1.07. The molecule has 0 saturated heterocycles. The van der Waals surface area contributed by atoms with Crippen molar-refractivity contribution in [3.05, 3.63) is 28.6 Å². The van der Waals surface area contributed by atoms with Crippen molar-refractivity contribution >= 4 is 5.69 Å². The predicted octanol–water partition coefficient (Wildman–Crippen LogP) is 2.69. The number of alkyl halides is 3. The highest BCUT2D eigenvalue weighted by atomic mass is 19.4. The fourth-order valence-electron chi connectivity index (χ4n) is 1.07. The molecule has 0 radical (unpaired) electrons. The molecule has 0 heterocycles. The molecule has 0 fully saturated rings. The lowest BCUT2D eigenvalue weighted by atomic mass is 10.1. The van der Waals surface area contributed by atoms with Crippen LogP contribution in [-0.4, -0.2) is 0 Å². The number of rotatable bonds is 0. The number of terminal acetylenes is 1. The second-order valence-electron chi connectivity index (χ2n) is 2.75. The van der Waals surface area contributed by atoms with Gasteiger partial charge in [0.15, 0.2) is 17.5 Å². The summed E-state index contributed by atoms with van der Waals surface area (Å²) in [6.07, 6.45) is -0.738. The maximum atomic E-state index is 13.1. The smallest absolute Gasteiger partial charge is 0.395 e. The summed E-state index contributed by atoms with van der Waals surface area (Å²) in [6, 6.07) is 0. The van der Waals surface area contributed by atoms with Gasteiger partial charge in [0.1, 0.15) is 5.56 Å². The van der Waals surface area contributed by atoms with E-state index in [0.717, 1.165) is 0 Å². The molecule has 0 amide bonds. The molecular formula is C9H3F6N. The molecule has 16 heavy (non-hydrogen) atoms. The fraction of sp³-hybridized carbons (Fsp3) is 0.111. The van der Waals surface area contributed by atoms with Crippen molar-refractivity contribution in [3.8, 4) is 12.3 Å². The number of hydrogen-bond acceptors (Lipinski definition) is 1. The molecule has 0 aliphatic rings. The first-order valence-corrected chi connectivity index (χ1v) is 3.71. The zero-order chi connectivity index (χ0) is 12.7. The van der Waals surface area contributed by atoms with Gasteiger partial charge < -0.3 is 5.73 Å². The van der Waals surface area contributed by atoms with Crippen molar-refractivity contribution in [1.29, 1.82) is 0 Å². The third-order valence-electron chi connectivity index (χ3n) is 1.78. The first-order valence-electron chi connectivity index (χ1n) is 3.71. The topological polar surface area (TPSA) is 26.0 Å². The summed E-state index contributed by atoms with van der Waals surface area (Å²) in [4.78, 5) is 0. The average Bonchev–Trinajstić information content (AvgIpc) is 2.13. The summed E-state index contributed by atoms with van der Waals surface area (Å²) in [5.41, 5.74) is 0.151. The number of halogens is 6. The third kappa shape index (κ3) is 1.66. The van der Waals surface area contributed by atoms with E-state index in [4.69, 9.17) is 5.73 Å². The molecule has 0 aliphatic carbocycles. The zero-order valence-corrected chi connectivity index (χ0v) is 7.42. The summed E-state index contributed by atoms with van der Waals surface area (Å²) in [5, 5.41) is 0. The summed E-state index contributed by atoms with van der Waals surface area (Å²) in [5.74, 6) is -5.07. The van der Waals surface area contributed by atoms with Crippen LogP contribution in [0.2, 0.25) is 0 Å². The van der Waals surface area contributed by atoms with Crippen LogP contribution in [0.25, 0.3) is 0 Å². The molecule has 1 rings (SSSR count). The molecule has 1 nitrogen and oxygen atoms in total. The van der Waals surface area contributed by atoms with Crippen LogP contribution < -0.4 is 5.73 Å². The van der Waals surface area contributed by atoms with Crippen LogP contribution in [0.15, 0.2) is 0 Å². The van der Waals surface area contributed by atoms with Crippen molar-refractivity contribution in [2.24, 2.45) is 0 Å². The van der Waals surface area contributed by atoms with Crippen molar-refractivity contribution in [2.75, 3.05) is 5.73 Å². The van der Waals surface area contributed by atoms with Gasteiger partial charge in [0.25, 0.3) is 0 Å². The first-order chi connectivity index (χ1) is 7.21. The highest BCUT2D eigenvalue weighted by Crippen LogP contribution is 2.37. The molecule has 1 aromatic carbocycles. The number of hydrogen-bond donors (Lipinski definition) is 1. The number of benzene rings is 1. The van der Waals surface area contributed by atoms with Gasteiger partial charge in [-0.05, 0) is 0 Å². The first kappa shape index (κ1) is 12.2. The van der Waals surface area contributed by atoms with Gasteiger partial charge >= 0.3 is 6.18 Å². The Hall–Kier alpha value is -1.84. The normalized spacial score (nSPS) is 11.3. The zero-order valence-electron chi connectivity index (χ0n) is 7.42. The third-order valence-corrected chi connectivity index (χ3v) is 1.78. The SMILES string of the molecule is C#Cc1c(N)c(F)c(F)c(C(F)(F)F)c1F. The van der Waals surface area contributed by atoms with Crippen molar-refractivity contribution < 1.29 is 26.3 Å². The molecule has 7 heteroatoms. The molecule has 0 atom stereocenters. The van der Waals surface area contributed by atoms with Gasteiger partial charge in [-0.3, -0.25) is 0 Å². The lowest BCUT2D eigenvalue weighted by molar-refractivity contribution is -0.142. The largest absolute Gasteiger partial charge is 0.422 e. The second-order valence-corrected chi connectivity index (χ2v) is 2.75. The summed E-state index contributed by atoms with van der Waals surface area (Å²) < 4.78 is 75.4. The molecule has 1 aromatic rings. The van der Waals surface area contributed by atoms with E-state index in [1.807, 2.05) is 0 Å². The maximum Gasteiger partial charge on any atom is 0.422 e. The number of nitrogens with two attached hydrogens (primary N) is 1. The lowest BCUT2D eigenvalue weighted by Crippen LogP contribution is -2.16. The Morgan fingerprint density at radius 3 is 1.88 bits per heavy atom. The molecule has 0 aliphatic heterocycles. The Balaban J connectivity index is 3.78. The quantitative estimate of drug-likeness (QED) is 0.320. The van der Waals surface area contributed by atoms with Crippen LogP contribution >= 0.6 is 0 Å². The van der Waals surface area contributed by atoms with Crippen LogP contribution in [-0.2, 0) is 6.18 Å². The van der Waals surface area contributed by atoms with Gasteiger partial charge in [0.05, 0.1) is 11.3 Å². The standard InChI is InChI=1S/C9H3F6N/c1-2-3-5(10)4(9(13,14)15)6(11)7(12)8(3)16/h1H,16H2. The Kier molecular flexibility index (Phi) is 2.77. The maximum absolute atomic E-state index is 13.1. The van der Waals surface area contributed by atoms with Gasteiger partial charge in [-0.25, -0.2) is 13.2 Å². The Bertz CT molecular complexity index is 482. The highest BCUT2D eigenvalue weighted by Gasteiger charge is 2.41. The van der Waals surface area contributed by atoms with Gasteiger partial charge in [0, 0.05) is 0 Å². The molecular weight excluding hydrogens is 236 g/mol. The Morgan fingerprint density at radius 1 is 1.00 bits per heavy atom. The minimum Gasteiger partial charge on any atom is -0.395 e. The van der Waals surface area contributed by atoms with Crippen molar-refractivity contribution in [3.63, 3.8) is 0 Å². The van der Waals surface area contributed by atoms with Gasteiger partial charge in [-0.15, -0.1) is 6.42 Å². The number of nitrogen functional groups attached to an aromatic ring is 1. The molecule has 2 N–H and O–H groups in total. The Morgan fingerprint density at radius 2 is 1.50 bits per heavy atom. The van der Waals surface area contributed by atoms with E-state index in [1.165, 1.54) is 5.92 Å². The molecule has 86 valence electrons. The van der Waals surface area contributed by atoms with Gasteiger partial charge in [-0.1, -0.05) is 5.92 Å². The molecule has 0 spiro atoms.